The summed E-state index contributed by atoms with van der Waals surface area (Å²) in [4.78, 5) is 13.2. The number of hydrogen-bond donors (Lipinski definition) is 2. The van der Waals surface area contributed by atoms with Gasteiger partial charge in [-0.05, 0) is 60.4 Å². The van der Waals surface area contributed by atoms with Gasteiger partial charge in [0.25, 0.3) is 0 Å². The topological polar surface area (TPSA) is 52.6 Å². The fourth-order valence-electron chi connectivity index (χ4n) is 2.55. The predicted molar refractivity (Wildman–Crippen MR) is 79.8 cm³/mol. The summed E-state index contributed by atoms with van der Waals surface area (Å²) < 4.78 is 14.1. The van der Waals surface area contributed by atoms with E-state index in [9.17, 15) is 9.18 Å². The van der Waals surface area contributed by atoms with E-state index >= 15 is 0 Å². The number of benzene rings is 1. The number of carboxylic acids is 1. The van der Waals surface area contributed by atoms with Crippen molar-refractivity contribution < 1.29 is 14.3 Å². The monoisotopic (exact) mass is 344 g/mol. The number of halogens is 2. The fourth-order valence-corrected chi connectivity index (χ4v) is 3.06. The third-order valence-corrected chi connectivity index (χ3v) is 4.39. The number of rotatable bonds is 4. The van der Waals surface area contributed by atoms with Crippen molar-refractivity contribution in [2.24, 2.45) is 5.92 Å². The highest BCUT2D eigenvalue weighted by Crippen LogP contribution is 2.27. The standard InChI is InChI=1S/C14H18BrFN2O2/c1-18-6-2-3-9(8-18)7-17-11-5-4-10(14(19)20)12(15)13(11)16/h4-5,9,17H,2-3,6-8H2,1H3,(H,19,20). The number of anilines is 1. The van der Waals surface area contributed by atoms with Gasteiger partial charge in [0.1, 0.15) is 0 Å². The highest BCUT2D eigenvalue weighted by molar-refractivity contribution is 9.10. The first-order chi connectivity index (χ1) is 9.49. The maximum absolute atomic E-state index is 14.1. The van der Waals surface area contributed by atoms with Gasteiger partial charge in [0.2, 0.25) is 0 Å². The van der Waals surface area contributed by atoms with Gasteiger partial charge >= 0.3 is 5.97 Å². The Morgan fingerprint density at radius 2 is 2.35 bits per heavy atom. The Balaban J connectivity index is 2.03. The molecule has 1 aliphatic rings. The van der Waals surface area contributed by atoms with Gasteiger partial charge in [0.05, 0.1) is 15.7 Å². The molecule has 1 unspecified atom stereocenters. The Morgan fingerprint density at radius 3 is 3.00 bits per heavy atom. The number of nitrogens with one attached hydrogen (secondary N) is 1. The van der Waals surface area contributed by atoms with Crippen LogP contribution in [0, 0.1) is 11.7 Å². The van der Waals surface area contributed by atoms with Crippen molar-refractivity contribution in [3.05, 3.63) is 28.0 Å². The van der Waals surface area contributed by atoms with Crippen LogP contribution in [0.1, 0.15) is 23.2 Å². The van der Waals surface area contributed by atoms with E-state index in [0.717, 1.165) is 25.9 Å². The van der Waals surface area contributed by atoms with Crippen LogP contribution in [-0.4, -0.2) is 42.7 Å². The van der Waals surface area contributed by atoms with E-state index in [1.165, 1.54) is 12.1 Å². The largest absolute Gasteiger partial charge is 0.478 e. The summed E-state index contributed by atoms with van der Waals surface area (Å²) in [6, 6.07) is 2.89. The highest BCUT2D eigenvalue weighted by Gasteiger charge is 2.19. The van der Waals surface area contributed by atoms with Crippen LogP contribution in [0.25, 0.3) is 0 Å². The van der Waals surface area contributed by atoms with E-state index in [1.54, 1.807) is 0 Å². The van der Waals surface area contributed by atoms with Crippen molar-refractivity contribution in [1.82, 2.24) is 4.90 Å². The smallest absolute Gasteiger partial charge is 0.336 e. The number of piperidine rings is 1. The molecule has 2 rings (SSSR count). The average Bonchev–Trinajstić information content (AvgIpc) is 2.40. The van der Waals surface area contributed by atoms with Gasteiger partial charge in [-0.2, -0.15) is 0 Å². The van der Waals surface area contributed by atoms with Crippen LogP contribution >= 0.6 is 15.9 Å². The molecule has 1 aliphatic heterocycles. The zero-order chi connectivity index (χ0) is 14.7. The quantitative estimate of drug-likeness (QED) is 0.881. The lowest BCUT2D eigenvalue weighted by molar-refractivity contribution is 0.0695. The number of hydrogen-bond acceptors (Lipinski definition) is 3. The van der Waals surface area contributed by atoms with Crippen molar-refractivity contribution in [2.45, 2.75) is 12.8 Å². The zero-order valence-electron chi connectivity index (χ0n) is 11.3. The molecule has 0 radical (unpaired) electrons. The van der Waals surface area contributed by atoms with Crippen molar-refractivity contribution in [2.75, 3.05) is 32.0 Å². The van der Waals surface area contributed by atoms with E-state index in [4.69, 9.17) is 5.11 Å². The molecule has 110 valence electrons. The van der Waals surface area contributed by atoms with Gasteiger partial charge in [-0.1, -0.05) is 0 Å². The lowest BCUT2D eigenvalue weighted by atomic mass is 9.98. The minimum atomic E-state index is -1.14. The van der Waals surface area contributed by atoms with Crippen LogP contribution in [0.15, 0.2) is 16.6 Å². The fraction of sp³-hybridized carbons (Fsp3) is 0.500. The Kier molecular flexibility index (Phi) is 4.99. The second-order valence-corrected chi connectivity index (χ2v) is 6.04. The molecule has 0 bridgehead atoms. The summed E-state index contributed by atoms with van der Waals surface area (Å²) in [6.07, 6.45) is 2.29. The molecule has 0 aliphatic carbocycles. The van der Waals surface area contributed by atoms with Gasteiger partial charge in [0, 0.05) is 13.1 Å². The Hall–Kier alpha value is -1.14. The lowest BCUT2D eigenvalue weighted by Crippen LogP contribution is -2.35. The maximum Gasteiger partial charge on any atom is 0.336 e. The van der Waals surface area contributed by atoms with Crippen LogP contribution in [0.5, 0.6) is 0 Å². The summed E-state index contributed by atoms with van der Waals surface area (Å²) in [6.45, 7) is 2.81. The van der Waals surface area contributed by atoms with Crippen LogP contribution in [0.3, 0.4) is 0 Å². The SMILES string of the molecule is CN1CCCC(CNc2ccc(C(=O)O)c(Br)c2F)C1. The molecular formula is C14H18BrFN2O2. The van der Waals surface area contributed by atoms with Crippen LogP contribution < -0.4 is 5.32 Å². The molecular weight excluding hydrogens is 327 g/mol. The lowest BCUT2D eigenvalue weighted by Gasteiger charge is -2.30. The second-order valence-electron chi connectivity index (χ2n) is 5.25. The molecule has 1 fully saturated rings. The van der Waals surface area contributed by atoms with E-state index in [2.05, 4.69) is 33.2 Å². The van der Waals surface area contributed by atoms with Gasteiger partial charge in [-0.15, -0.1) is 0 Å². The molecule has 0 spiro atoms. The predicted octanol–water partition coefficient (Wildman–Crippen LogP) is 3.04. The zero-order valence-corrected chi connectivity index (χ0v) is 12.9. The van der Waals surface area contributed by atoms with E-state index in [0.29, 0.717) is 18.2 Å². The highest BCUT2D eigenvalue weighted by atomic mass is 79.9. The van der Waals surface area contributed by atoms with Crippen molar-refractivity contribution in [3.8, 4) is 0 Å². The van der Waals surface area contributed by atoms with Crippen LogP contribution in [0.2, 0.25) is 0 Å². The summed E-state index contributed by atoms with van der Waals surface area (Å²) in [5, 5.41) is 12.0. The van der Waals surface area contributed by atoms with Crippen LogP contribution in [-0.2, 0) is 0 Å². The molecule has 6 heteroatoms. The third-order valence-electron chi connectivity index (χ3n) is 3.62. The molecule has 20 heavy (non-hydrogen) atoms. The first-order valence-corrected chi connectivity index (χ1v) is 7.42. The minimum absolute atomic E-state index is 0.00392. The van der Waals surface area contributed by atoms with Crippen molar-refractivity contribution >= 4 is 27.6 Å². The average molecular weight is 345 g/mol. The first kappa shape index (κ1) is 15.3. The summed E-state index contributed by atoms with van der Waals surface area (Å²) in [5.41, 5.74) is 0.278. The van der Waals surface area contributed by atoms with Gasteiger partial charge in [0.15, 0.2) is 5.82 Å². The summed E-state index contributed by atoms with van der Waals surface area (Å²) in [7, 11) is 2.09. The van der Waals surface area contributed by atoms with E-state index < -0.39 is 11.8 Å². The summed E-state index contributed by atoms with van der Waals surface area (Å²) >= 11 is 3.00. The summed E-state index contributed by atoms with van der Waals surface area (Å²) in [5.74, 6) is -1.20. The Morgan fingerprint density at radius 1 is 1.60 bits per heavy atom. The third kappa shape index (κ3) is 3.49. The molecule has 4 nitrogen and oxygen atoms in total. The van der Waals surface area contributed by atoms with Gasteiger partial charge in [-0.3, -0.25) is 0 Å². The Bertz CT molecular complexity index is 510. The van der Waals surface area contributed by atoms with Crippen molar-refractivity contribution in [1.29, 1.82) is 0 Å². The molecule has 2 N–H and O–H groups in total. The number of aromatic carboxylic acids is 1. The molecule has 0 amide bonds. The Labute approximate surface area is 126 Å². The molecule has 1 aromatic rings. The number of carbonyl (C=O) groups is 1. The molecule has 1 aromatic carbocycles. The van der Waals surface area contributed by atoms with Crippen molar-refractivity contribution in [3.63, 3.8) is 0 Å². The van der Waals surface area contributed by atoms with E-state index in [-0.39, 0.29) is 10.0 Å². The maximum atomic E-state index is 14.1. The molecule has 1 heterocycles. The first-order valence-electron chi connectivity index (χ1n) is 6.62. The van der Waals surface area contributed by atoms with E-state index in [1.807, 2.05) is 0 Å². The molecule has 1 atom stereocenters. The number of carboxylic acid groups (broad SMARTS) is 1. The van der Waals surface area contributed by atoms with Gasteiger partial charge < -0.3 is 15.3 Å². The molecule has 0 saturated carbocycles. The second kappa shape index (κ2) is 6.54. The number of nitrogens with zero attached hydrogens (tertiary/aromatic N) is 1. The van der Waals surface area contributed by atoms with Crippen LogP contribution in [0.4, 0.5) is 10.1 Å². The number of likely N-dealkylation sites (tertiary alicyclic amines) is 1. The minimum Gasteiger partial charge on any atom is -0.478 e. The van der Waals surface area contributed by atoms with Gasteiger partial charge in [-0.25, -0.2) is 9.18 Å². The normalized spacial score (nSPS) is 19.9. The molecule has 1 saturated heterocycles. The molecule has 0 aromatic heterocycles.